The van der Waals surface area contributed by atoms with Crippen molar-refractivity contribution in [2.75, 3.05) is 6.61 Å². The highest BCUT2D eigenvalue weighted by molar-refractivity contribution is 9.10. The van der Waals surface area contributed by atoms with Crippen molar-refractivity contribution >= 4 is 15.9 Å². The second-order valence-electron chi connectivity index (χ2n) is 3.85. The third-order valence-electron chi connectivity index (χ3n) is 2.51. The maximum Gasteiger partial charge on any atom is 0.121 e. The highest BCUT2D eigenvalue weighted by Gasteiger charge is 2.02. The summed E-state index contributed by atoms with van der Waals surface area (Å²) in [6.45, 7) is 0.507. The molecule has 90 valence electrons. The van der Waals surface area contributed by atoms with E-state index in [-0.39, 0.29) is 0 Å². The molecule has 3 heteroatoms. The predicted molar refractivity (Wildman–Crippen MR) is 75.3 cm³/mol. The maximum absolute atomic E-state index is 8.93. The summed E-state index contributed by atoms with van der Waals surface area (Å²) in [5.74, 6) is 0.706. The molecule has 1 aromatic rings. The second kappa shape index (κ2) is 6.23. The van der Waals surface area contributed by atoms with Gasteiger partial charge in [0.25, 0.3) is 0 Å². The van der Waals surface area contributed by atoms with Crippen molar-refractivity contribution in [1.29, 1.82) is 5.26 Å². The van der Waals surface area contributed by atoms with E-state index >= 15 is 0 Å². The summed E-state index contributed by atoms with van der Waals surface area (Å²) in [5, 5.41) is 8.93. The Morgan fingerprint density at radius 1 is 1.33 bits per heavy atom. The minimum absolute atomic E-state index is 0.507. The molecule has 0 amide bonds. The number of halogens is 1. The molecule has 0 saturated heterocycles. The molecule has 0 N–H and O–H groups in total. The number of hydrogen-bond donors (Lipinski definition) is 0. The number of rotatable bonds is 3. The van der Waals surface area contributed by atoms with Crippen LogP contribution in [0.3, 0.4) is 0 Å². The van der Waals surface area contributed by atoms with Crippen molar-refractivity contribution in [2.45, 2.75) is 6.42 Å². The van der Waals surface area contributed by atoms with E-state index in [1.807, 2.05) is 24.3 Å². The molecule has 0 unspecified atom stereocenters. The molecule has 0 aliphatic heterocycles. The molecule has 1 aromatic carbocycles. The van der Waals surface area contributed by atoms with Gasteiger partial charge in [0.05, 0.1) is 5.56 Å². The summed E-state index contributed by atoms with van der Waals surface area (Å²) in [5.41, 5.74) is 1.70. The molecule has 0 radical (unpaired) electrons. The number of nitrogens with zero attached hydrogens (tertiary/aromatic N) is 1. The molecule has 2 nitrogen and oxygen atoms in total. The maximum atomic E-state index is 8.93. The smallest absolute Gasteiger partial charge is 0.121 e. The van der Waals surface area contributed by atoms with Gasteiger partial charge in [0, 0.05) is 4.47 Å². The summed E-state index contributed by atoms with van der Waals surface area (Å²) in [7, 11) is 0. The van der Waals surface area contributed by atoms with E-state index < -0.39 is 0 Å². The van der Waals surface area contributed by atoms with Crippen LogP contribution in [0.1, 0.15) is 12.0 Å². The van der Waals surface area contributed by atoms with Gasteiger partial charge in [0.1, 0.15) is 18.4 Å². The van der Waals surface area contributed by atoms with Gasteiger partial charge in [-0.3, -0.25) is 0 Å². The molecule has 0 heterocycles. The molecular weight excluding hydrogens is 290 g/mol. The number of ether oxygens (including phenoxy) is 1. The van der Waals surface area contributed by atoms with Crippen molar-refractivity contribution in [3.8, 4) is 11.8 Å². The summed E-state index contributed by atoms with van der Waals surface area (Å²) < 4.78 is 6.46. The molecule has 18 heavy (non-hydrogen) atoms. The van der Waals surface area contributed by atoms with Crippen LogP contribution in [0.15, 0.2) is 58.6 Å². The van der Waals surface area contributed by atoms with E-state index in [0.29, 0.717) is 17.9 Å². The molecule has 0 spiro atoms. The lowest BCUT2D eigenvalue weighted by atomic mass is 10.2. The molecule has 0 bridgehead atoms. The Bertz CT molecular complexity index is 564. The van der Waals surface area contributed by atoms with E-state index in [2.05, 4.69) is 40.2 Å². The minimum Gasteiger partial charge on any atom is -0.489 e. The van der Waals surface area contributed by atoms with Gasteiger partial charge in [0.15, 0.2) is 0 Å². The zero-order valence-electron chi connectivity index (χ0n) is 9.77. The third kappa shape index (κ3) is 3.35. The zero-order valence-corrected chi connectivity index (χ0v) is 11.4. The van der Waals surface area contributed by atoms with Crippen LogP contribution in [-0.2, 0) is 0 Å². The Hall–Kier alpha value is -1.79. The van der Waals surface area contributed by atoms with E-state index in [0.717, 1.165) is 16.5 Å². The van der Waals surface area contributed by atoms with Crippen LogP contribution >= 0.6 is 15.9 Å². The molecule has 0 fully saturated rings. The van der Waals surface area contributed by atoms with Crippen LogP contribution in [0.4, 0.5) is 0 Å². The first-order valence-electron chi connectivity index (χ1n) is 5.64. The van der Waals surface area contributed by atoms with Crippen LogP contribution in [-0.4, -0.2) is 6.61 Å². The van der Waals surface area contributed by atoms with Crippen LogP contribution in [0.25, 0.3) is 0 Å². The van der Waals surface area contributed by atoms with Gasteiger partial charge in [-0.15, -0.1) is 0 Å². The van der Waals surface area contributed by atoms with Gasteiger partial charge in [-0.25, -0.2) is 0 Å². The summed E-state index contributed by atoms with van der Waals surface area (Å²) >= 11 is 3.32. The molecule has 2 rings (SSSR count). The first-order chi connectivity index (χ1) is 8.79. The van der Waals surface area contributed by atoms with Gasteiger partial charge >= 0.3 is 0 Å². The van der Waals surface area contributed by atoms with Crippen LogP contribution in [0.5, 0.6) is 5.75 Å². The zero-order chi connectivity index (χ0) is 12.8. The SMILES string of the molecule is N#Cc1cc(OCC2=CC=CCC=C2)ccc1Br. The predicted octanol–water partition coefficient (Wildman–Crippen LogP) is 4.14. The largest absolute Gasteiger partial charge is 0.489 e. The fraction of sp³-hybridized carbons (Fsp3) is 0.133. The number of allylic oxidation sites excluding steroid dienone is 4. The van der Waals surface area contributed by atoms with Crippen molar-refractivity contribution in [2.24, 2.45) is 0 Å². The number of nitriles is 1. The monoisotopic (exact) mass is 301 g/mol. The molecule has 1 aliphatic rings. The molecular formula is C15H12BrNO. The van der Waals surface area contributed by atoms with Crippen molar-refractivity contribution in [3.05, 3.63) is 64.2 Å². The Kier molecular flexibility index (Phi) is 4.38. The van der Waals surface area contributed by atoms with E-state index in [9.17, 15) is 0 Å². The van der Waals surface area contributed by atoms with Crippen molar-refractivity contribution in [3.63, 3.8) is 0 Å². The lowest BCUT2D eigenvalue weighted by Crippen LogP contribution is -1.99. The lowest BCUT2D eigenvalue weighted by Gasteiger charge is -2.07. The third-order valence-corrected chi connectivity index (χ3v) is 3.21. The van der Waals surface area contributed by atoms with Gasteiger partial charge in [-0.05, 0) is 46.1 Å². The van der Waals surface area contributed by atoms with Crippen molar-refractivity contribution in [1.82, 2.24) is 0 Å². The Morgan fingerprint density at radius 2 is 2.22 bits per heavy atom. The molecule has 0 atom stereocenters. The van der Waals surface area contributed by atoms with E-state index in [1.54, 1.807) is 6.07 Å². The first kappa shape index (κ1) is 12.7. The quantitative estimate of drug-likeness (QED) is 0.840. The summed E-state index contributed by atoms with van der Waals surface area (Å²) in [6, 6.07) is 7.53. The van der Waals surface area contributed by atoms with E-state index in [4.69, 9.17) is 10.00 Å². The van der Waals surface area contributed by atoms with E-state index in [1.165, 1.54) is 0 Å². The topological polar surface area (TPSA) is 33.0 Å². The molecule has 1 aliphatic carbocycles. The van der Waals surface area contributed by atoms with Crippen LogP contribution in [0, 0.1) is 11.3 Å². The highest BCUT2D eigenvalue weighted by Crippen LogP contribution is 2.22. The number of benzene rings is 1. The second-order valence-corrected chi connectivity index (χ2v) is 4.70. The average molecular weight is 302 g/mol. The highest BCUT2D eigenvalue weighted by atomic mass is 79.9. The minimum atomic E-state index is 0.507. The molecule has 0 aromatic heterocycles. The Labute approximate surface area is 115 Å². The van der Waals surface area contributed by atoms with Gasteiger partial charge in [-0.2, -0.15) is 5.26 Å². The van der Waals surface area contributed by atoms with Gasteiger partial charge in [0.2, 0.25) is 0 Å². The normalized spacial score (nSPS) is 13.7. The average Bonchev–Trinajstić information content (AvgIpc) is 2.66. The van der Waals surface area contributed by atoms with Crippen molar-refractivity contribution < 1.29 is 4.74 Å². The summed E-state index contributed by atoms with van der Waals surface area (Å²) in [6.07, 6.45) is 11.3. The Balaban J connectivity index is 2.04. The Morgan fingerprint density at radius 3 is 3.06 bits per heavy atom. The standard InChI is InChI=1S/C15H12BrNO/c16-15-8-7-14(9-13(15)10-17)18-11-12-5-3-1-2-4-6-12/h1,3-9H,2,11H2. The molecule has 0 saturated carbocycles. The van der Waals surface area contributed by atoms with Gasteiger partial charge in [-0.1, -0.05) is 30.4 Å². The first-order valence-corrected chi connectivity index (χ1v) is 6.43. The summed E-state index contributed by atoms with van der Waals surface area (Å²) in [4.78, 5) is 0. The van der Waals surface area contributed by atoms with Crippen LogP contribution < -0.4 is 4.74 Å². The fourth-order valence-corrected chi connectivity index (χ4v) is 1.90. The van der Waals surface area contributed by atoms with Gasteiger partial charge < -0.3 is 4.74 Å². The fourth-order valence-electron chi connectivity index (χ4n) is 1.57. The lowest BCUT2D eigenvalue weighted by molar-refractivity contribution is 0.355. The number of hydrogen-bond acceptors (Lipinski definition) is 2. The van der Waals surface area contributed by atoms with Crippen LogP contribution in [0.2, 0.25) is 0 Å².